The molecule has 0 saturated carbocycles. The molecule has 0 atom stereocenters. The molecule has 4 nitrogen and oxygen atoms in total. The normalized spacial score (nSPS) is 10.5. The summed E-state index contributed by atoms with van der Waals surface area (Å²) in [6.45, 7) is 0. The zero-order chi connectivity index (χ0) is 15.5. The Hall–Kier alpha value is -2.30. The van der Waals surface area contributed by atoms with E-state index in [2.05, 4.69) is 10.4 Å². The number of anilines is 1. The number of carbonyl (C=O) groups excluding carboxylic acids is 1. The summed E-state index contributed by atoms with van der Waals surface area (Å²) in [4.78, 5) is 12.2. The van der Waals surface area contributed by atoms with Crippen LogP contribution in [0.5, 0.6) is 0 Å². The maximum atomic E-state index is 12.2. The second kappa shape index (κ2) is 6.22. The number of hydrogen-bond acceptors (Lipinski definition) is 2. The molecule has 6 heteroatoms. The fourth-order valence-electron chi connectivity index (χ4n) is 1.97. The summed E-state index contributed by atoms with van der Waals surface area (Å²) in [7, 11) is 0. The number of hydrogen-bond donors (Lipinski definition) is 1. The van der Waals surface area contributed by atoms with Gasteiger partial charge in [-0.25, -0.2) is 4.68 Å². The molecule has 0 saturated heterocycles. The highest BCUT2D eigenvalue weighted by molar-refractivity contribution is 6.36. The lowest BCUT2D eigenvalue weighted by Crippen LogP contribution is -2.12. The highest BCUT2D eigenvalue weighted by atomic mass is 35.5. The zero-order valence-corrected chi connectivity index (χ0v) is 12.8. The second-order valence-electron chi connectivity index (χ2n) is 4.58. The van der Waals surface area contributed by atoms with Crippen molar-refractivity contribution in [2.45, 2.75) is 0 Å². The average molecular weight is 332 g/mol. The van der Waals surface area contributed by atoms with Crippen molar-refractivity contribution in [3.05, 3.63) is 76.5 Å². The first-order valence-corrected chi connectivity index (χ1v) is 7.25. The highest BCUT2D eigenvalue weighted by Gasteiger charge is 2.09. The number of carbonyl (C=O) groups is 1. The van der Waals surface area contributed by atoms with Crippen molar-refractivity contribution in [2.24, 2.45) is 0 Å². The Morgan fingerprint density at radius 2 is 1.86 bits per heavy atom. The molecule has 0 bridgehead atoms. The molecule has 22 heavy (non-hydrogen) atoms. The minimum absolute atomic E-state index is 0.240. The van der Waals surface area contributed by atoms with Gasteiger partial charge in [-0.1, -0.05) is 23.2 Å². The van der Waals surface area contributed by atoms with E-state index in [0.29, 0.717) is 21.3 Å². The molecule has 0 spiro atoms. The van der Waals surface area contributed by atoms with E-state index in [4.69, 9.17) is 23.2 Å². The van der Waals surface area contributed by atoms with Gasteiger partial charge in [0.1, 0.15) is 0 Å². The van der Waals surface area contributed by atoms with Gasteiger partial charge in [0.15, 0.2) is 0 Å². The predicted octanol–water partition coefficient (Wildman–Crippen LogP) is 4.43. The summed E-state index contributed by atoms with van der Waals surface area (Å²) in [5, 5.41) is 7.81. The first-order chi connectivity index (χ1) is 10.6. The lowest BCUT2D eigenvalue weighted by molar-refractivity contribution is 0.102. The molecule has 2 aromatic carbocycles. The Morgan fingerprint density at radius 3 is 2.50 bits per heavy atom. The standard InChI is InChI=1S/C16H11Cl2N3O/c17-12-4-7-15(14(18)10-12)20-16(22)11-2-5-13(6-3-11)21-9-1-8-19-21/h1-10H,(H,20,22). The minimum atomic E-state index is -0.240. The molecule has 3 aromatic rings. The summed E-state index contributed by atoms with van der Waals surface area (Å²) < 4.78 is 1.72. The van der Waals surface area contributed by atoms with Crippen LogP contribution in [0.2, 0.25) is 10.0 Å². The number of nitrogens with zero attached hydrogens (tertiary/aromatic N) is 2. The zero-order valence-electron chi connectivity index (χ0n) is 11.3. The molecule has 0 radical (unpaired) electrons. The van der Waals surface area contributed by atoms with Gasteiger partial charge in [0, 0.05) is 23.0 Å². The van der Waals surface area contributed by atoms with E-state index in [0.717, 1.165) is 5.69 Å². The monoisotopic (exact) mass is 331 g/mol. The van der Waals surface area contributed by atoms with Crippen LogP contribution in [0.4, 0.5) is 5.69 Å². The third-order valence-corrected chi connectivity index (χ3v) is 3.63. The molecule has 1 N–H and O–H groups in total. The van der Waals surface area contributed by atoms with Crippen LogP contribution in [-0.2, 0) is 0 Å². The van der Waals surface area contributed by atoms with Crippen LogP contribution in [-0.4, -0.2) is 15.7 Å². The molecule has 3 rings (SSSR count). The van der Waals surface area contributed by atoms with Crippen LogP contribution in [0.25, 0.3) is 5.69 Å². The Morgan fingerprint density at radius 1 is 1.09 bits per heavy atom. The van der Waals surface area contributed by atoms with Gasteiger partial charge in [-0.15, -0.1) is 0 Å². The van der Waals surface area contributed by atoms with Crippen molar-refractivity contribution in [3.8, 4) is 5.69 Å². The Bertz CT molecular complexity index is 799. The summed E-state index contributed by atoms with van der Waals surface area (Å²) in [6, 6.07) is 13.9. The van der Waals surface area contributed by atoms with Crippen LogP contribution < -0.4 is 5.32 Å². The molecule has 0 fully saturated rings. The van der Waals surface area contributed by atoms with Crippen LogP contribution in [0.3, 0.4) is 0 Å². The van der Waals surface area contributed by atoms with E-state index in [1.807, 2.05) is 24.4 Å². The van der Waals surface area contributed by atoms with Crippen molar-refractivity contribution in [1.29, 1.82) is 0 Å². The van der Waals surface area contributed by atoms with Crippen LogP contribution in [0.15, 0.2) is 60.9 Å². The number of rotatable bonds is 3. The molecule has 0 aliphatic heterocycles. The van der Waals surface area contributed by atoms with E-state index in [1.54, 1.807) is 41.2 Å². The average Bonchev–Trinajstić information content (AvgIpc) is 3.04. The number of nitrogens with one attached hydrogen (secondary N) is 1. The van der Waals surface area contributed by atoms with E-state index in [9.17, 15) is 4.79 Å². The third-order valence-electron chi connectivity index (χ3n) is 3.08. The Kier molecular flexibility index (Phi) is 4.13. The molecule has 110 valence electrons. The van der Waals surface area contributed by atoms with E-state index in [1.165, 1.54) is 0 Å². The fourth-order valence-corrected chi connectivity index (χ4v) is 2.43. The third kappa shape index (κ3) is 3.13. The van der Waals surface area contributed by atoms with Crippen molar-refractivity contribution >= 4 is 34.8 Å². The van der Waals surface area contributed by atoms with Crippen molar-refractivity contribution < 1.29 is 4.79 Å². The van der Waals surface area contributed by atoms with Gasteiger partial charge < -0.3 is 5.32 Å². The number of benzene rings is 2. The number of amides is 1. The first kappa shape index (κ1) is 14.6. The molecule has 1 amide bonds. The first-order valence-electron chi connectivity index (χ1n) is 6.50. The van der Waals surface area contributed by atoms with Crippen LogP contribution >= 0.6 is 23.2 Å². The smallest absolute Gasteiger partial charge is 0.255 e. The Balaban J connectivity index is 1.77. The summed E-state index contributed by atoms with van der Waals surface area (Å²) in [5.74, 6) is -0.240. The maximum absolute atomic E-state index is 12.2. The van der Waals surface area contributed by atoms with Gasteiger partial charge >= 0.3 is 0 Å². The summed E-state index contributed by atoms with van der Waals surface area (Å²) in [5.41, 5.74) is 1.93. The molecule has 0 aliphatic carbocycles. The minimum Gasteiger partial charge on any atom is -0.321 e. The van der Waals surface area contributed by atoms with Gasteiger partial charge in [0.25, 0.3) is 5.91 Å². The van der Waals surface area contributed by atoms with Gasteiger partial charge in [0.2, 0.25) is 0 Å². The second-order valence-corrected chi connectivity index (χ2v) is 5.42. The molecule has 0 unspecified atom stereocenters. The molecule has 0 aliphatic rings. The van der Waals surface area contributed by atoms with Gasteiger partial charge in [-0.2, -0.15) is 5.10 Å². The summed E-state index contributed by atoms with van der Waals surface area (Å²) >= 11 is 11.9. The van der Waals surface area contributed by atoms with Crippen molar-refractivity contribution in [2.75, 3.05) is 5.32 Å². The van der Waals surface area contributed by atoms with Crippen molar-refractivity contribution in [1.82, 2.24) is 9.78 Å². The van der Waals surface area contributed by atoms with E-state index < -0.39 is 0 Å². The fraction of sp³-hybridized carbons (Fsp3) is 0. The van der Waals surface area contributed by atoms with Crippen LogP contribution in [0, 0.1) is 0 Å². The number of aromatic nitrogens is 2. The molecule has 1 heterocycles. The number of halogens is 2. The predicted molar refractivity (Wildman–Crippen MR) is 88.0 cm³/mol. The topological polar surface area (TPSA) is 46.9 Å². The molecule has 1 aromatic heterocycles. The largest absolute Gasteiger partial charge is 0.321 e. The highest BCUT2D eigenvalue weighted by Crippen LogP contribution is 2.25. The van der Waals surface area contributed by atoms with Gasteiger partial charge in [0.05, 0.1) is 16.4 Å². The van der Waals surface area contributed by atoms with Crippen LogP contribution in [0.1, 0.15) is 10.4 Å². The lowest BCUT2D eigenvalue weighted by Gasteiger charge is -2.08. The maximum Gasteiger partial charge on any atom is 0.255 e. The summed E-state index contributed by atoms with van der Waals surface area (Å²) in [6.07, 6.45) is 3.53. The van der Waals surface area contributed by atoms with E-state index >= 15 is 0 Å². The molecular weight excluding hydrogens is 321 g/mol. The van der Waals surface area contributed by atoms with Gasteiger partial charge in [-0.05, 0) is 48.5 Å². The molecular formula is C16H11Cl2N3O. The van der Waals surface area contributed by atoms with Gasteiger partial charge in [-0.3, -0.25) is 4.79 Å². The van der Waals surface area contributed by atoms with E-state index in [-0.39, 0.29) is 5.91 Å². The van der Waals surface area contributed by atoms with Crippen molar-refractivity contribution in [3.63, 3.8) is 0 Å². The quantitative estimate of drug-likeness (QED) is 0.771. The lowest BCUT2D eigenvalue weighted by atomic mass is 10.2. The SMILES string of the molecule is O=C(Nc1ccc(Cl)cc1Cl)c1ccc(-n2cccn2)cc1. The Labute approximate surface area is 137 Å².